The lowest BCUT2D eigenvalue weighted by Gasteiger charge is -2.04. The van der Waals surface area contributed by atoms with Crippen molar-refractivity contribution >= 4 is 5.69 Å². The van der Waals surface area contributed by atoms with Crippen LogP contribution in [0.1, 0.15) is 5.56 Å². The maximum atomic E-state index is 12.3. The largest absolute Gasteiger partial charge is 0.490 e. The third kappa shape index (κ3) is 1.74. The van der Waals surface area contributed by atoms with Crippen LogP contribution < -0.4 is 4.74 Å². The molecule has 0 heterocycles. The summed E-state index contributed by atoms with van der Waals surface area (Å²) in [6.45, 7) is -0.773. The van der Waals surface area contributed by atoms with E-state index in [0.29, 0.717) is 0 Å². The molecule has 0 aliphatic carbocycles. The third-order valence-corrected chi connectivity index (χ3v) is 1.62. The minimum Gasteiger partial charge on any atom is -0.490 e. The predicted octanol–water partition coefficient (Wildman–Crippen LogP) is 2.07. The average Bonchev–Trinajstić information content (AvgIpc) is 2.16. The number of nitro benzene ring substituents is 1. The van der Waals surface area contributed by atoms with Gasteiger partial charge in [-0.05, 0) is 0 Å². The molecule has 0 aliphatic rings. The lowest BCUT2D eigenvalue weighted by atomic mass is 10.2. The average molecular weight is 185 g/mol. The number of ether oxygens (including phenoxy) is 1. The first kappa shape index (κ1) is 9.44. The molecule has 13 heavy (non-hydrogen) atoms. The van der Waals surface area contributed by atoms with Crippen molar-refractivity contribution in [1.29, 1.82) is 0 Å². The lowest BCUT2D eigenvalue weighted by Crippen LogP contribution is -1.96. The van der Waals surface area contributed by atoms with Gasteiger partial charge < -0.3 is 4.74 Å². The fraction of sp³-hybridized carbons (Fsp3) is 0.250. The van der Waals surface area contributed by atoms with E-state index in [1.54, 1.807) is 0 Å². The number of rotatable bonds is 3. The molecule has 5 heteroatoms. The fourth-order valence-electron chi connectivity index (χ4n) is 1.06. The zero-order chi connectivity index (χ0) is 9.84. The number of para-hydroxylation sites is 1. The highest BCUT2D eigenvalue weighted by Gasteiger charge is 2.17. The molecule has 0 aliphatic heterocycles. The Hall–Kier alpha value is -1.65. The van der Waals surface area contributed by atoms with E-state index >= 15 is 0 Å². The van der Waals surface area contributed by atoms with E-state index in [4.69, 9.17) is 4.74 Å². The first-order chi connectivity index (χ1) is 6.20. The Labute approximate surface area is 74.1 Å². The van der Waals surface area contributed by atoms with Gasteiger partial charge in [0.15, 0.2) is 0 Å². The van der Waals surface area contributed by atoms with Gasteiger partial charge in [-0.1, -0.05) is 12.1 Å². The van der Waals surface area contributed by atoms with Crippen molar-refractivity contribution in [2.24, 2.45) is 0 Å². The summed E-state index contributed by atoms with van der Waals surface area (Å²) in [5.74, 6) is -0.00463. The Balaban J connectivity index is 3.27. The Morgan fingerprint density at radius 1 is 1.62 bits per heavy atom. The number of hydrogen-bond donors (Lipinski definition) is 0. The van der Waals surface area contributed by atoms with Crippen molar-refractivity contribution in [3.05, 3.63) is 33.9 Å². The highest BCUT2D eigenvalue weighted by Crippen LogP contribution is 2.30. The van der Waals surface area contributed by atoms with Crippen LogP contribution in [0.5, 0.6) is 5.75 Å². The van der Waals surface area contributed by atoms with Crippen LogP contribution in [0.25, 0.3) is 0 Å². The zero-order valence-corrected chi connectivity index (χ0v) is 6.99. The maximum Gasteiger partial charge on any atom is 0.311 e. The maximum absolute atomic E-state index is 12.3. The molecule has 0 radical (unpaired) electrons. The predicted molar refractivity (Wildman–Crippen MR) is 44.5 cm³/mol. The number of alkyl halides is 1. The van der Waals surface area contributed by atoms with Crippen molar-refractivity contribution in [2.45, 2.75) is 6.67 Å². The molecule has 70 valence electrons. The first-order valence-corrected chi connectivity index (χ1v) is 3.57. The summed E-state index contributed by atoms with van der Waals surface area (Å²) in [5, 5.41) is 10.5. The van der Waals surface area contributed by atoms with Crippen LogP contribution in [0.4, 0.5) is 10.1 Å². The summed E-state index contributed by atoms with van der Waals surface area (Å²) < 4.78 is 17.1. The molecular formula is C8H8FNO3. The second-order valence-corrected chi connectivity index (χ2v) is 2.36. The molecule has 0 atom stereocenters. The summed E-state index contributed by atoms with van der Waals surface area (Å²) in [6.07, 6.45) is 0. The van der Waals surface area contributed by atoms with Crippen LogP contribution in [-0.4, -0.2) is 12.0 Å². The second kappa shape index (κ2) is 3.84. The molecule has 1 aromatic rings. The minimum absolute atomic E-state index is 0.00463. The molecule has 0 amide bonds. The summed E-state index contributed by atoms with van der Waals surface area (Å²) in [4.78, 5) is 9.85. The van der Waals surface area contributed by atoms with Crippen LogP contribution >= 0.6 is 0 Å². The number of nitro groups is 1. The van der Waals surface area contributed by atoms with Gasteiger partial charge in [-0.15, -0.1) is 0 Å². The third-order valence-electron chi connectivity index (χ3n) is 1.62. The van der Waals surface area contributed by atoms with Crippen molar-refractivity contribution < 1.29 is 14.1 Å². The van der Waals surface area contributed by atoms with Crippen LogP contribution in [0.3, 0.4) is 0 Å². The fourth-order valence-corrected chi connectivity index (χ4v) is 1.06. The van der Waals surface area contributed by atoms with Gasteiger partial charge in [-0.3, -0.25) is 10.1 Å². The Kier molecular flexibility index (Phi) is 2.79. The second-order valence-electron chi connectivity index (χ2n) is 2.36. The molecule has 0 saturated heterocycles. The van der Waals surface area contributed by atoms with Gasteiger partial charge in [-0.2, -0.15) is 0 Å². The molecule has 0 saturated carbocycles. The summed E-state index contributed by atoms with van der Waals surface area (Å²) >= 11 is 0. The topological polar surface area (TPSA) is 52.4 Å². The van der Waals surface area contributed by atoms with Crippen molar-refractivity contribution in [2.75, 3.05) is 7.11 Å². The lowest BCUT2D eigenvalue weighted by molar-refractivity contribution is -0.385. The molecule has 0 fully saturated rings. The summed E-state index contributed by atoms with van der Waals surface area (Å²) in [6, 6.07) is 4.15. The summed E-state index contributed by atoms with van der Waals surface area (Å²) in [5.41, 5.74) is -0.0191. The smallest absolute Gasteiger partial charge is 0.311 e. The molecule has 4 nitrogen and oxygen atoms in total. The molecule has 0 aromatic heterocycles. The van der Waals surface area contributed by atoms with E-state index in [-0.39, 0.29) is 17.0 Å². The number of benzene rings is 1. The van der Waals surface area contributed by atoms with E-state index in [1.165, 1.54) is 25.3 Å². The zero-order valence-electron chi connectivity index (χ0n) is 6.99. The van der Waals surface area contributed by atoms with E-state index in [9.17, 15) is 14.5 Å². The van der Waals surface area contributed by atoms with Crippen molar-refractivity contribution in [3.63, 3.8) is 0 Å². The number of halogens is 1. The quantitative estimate of drug-likeness (QED) is 0.535. The van der Waals surface area contributed by atoms with Crippen LogP contribution in [0.15, 0.2) is 18.2 Å². The van der Waals surface area contributed by atoms with Gasteiger partial charge >= 0.3 is 5.69 Å². The molecule has 0 unspecified atom stereocenters. The number of hydrogen-bond acceptors (Lipinski definition) is 3. The molecule has 1 rings (SSSR count). The van der Waals surface area contributed by atoms with Crippen molar-refractivity contribution in [1.82, 2.24) is 0 Å². The van der Waals surface area contributed by atoms with Crippen molar-refractivity contribution in [3.8, 4) is 5.75 Å². The Morgan fingerprint density at radius 3 is 2.77 bits per heavy atom. The van der Waals surface area contributed by atoms with Crippen LogP contribution in [0.2, 0.25) is 0 Å². The Bertz CT molecular complexity index is 327. The first-order valence-electron chi connectivity index (χ1n) is 3.57. The Morgan fingerprint density at radius 2 is 2.31 bits per heavy atom. The molecular weight excluding hydrogens is 177 g/mol. The van der Waals surface area contributed by atoms with E-state index in [0.717, 1.165) is 0 Å². The highest BCUT2D eigenvalue weighted by atomic mass is 19.1. The van der Waals surface area contributed by atoms with Gasteiger partial charge in [0.25, 0.3) is 0 Å². The molecule has 1 aromatic carbocycles. The number of nitrogens with zero attached hydrogens (tertiary/aromatic N) is 1. The van der Waals surface area contributed by atoms with Gasteiger partial charge in [0.1, 0.15) is 6.67 Å². The van der Waals surface area contributed by atoms with Gasteiger partial charge in [0, 0.05) is 11.6 Å². The van der Waals surface area contributed by atoms with E-state index in [2.05, 4.69) is 0 Å². The van der Waals surface area contributed by atoms with Gasteiger partial charge in [0.2, 0.25) is 5.75 Å². The van der Waals surface area contributed by atoms with Crippen LogP contribution in [-0.2, 0) is 6.67 Å². The van der Waals surface area contributed by atoms with E-state index in [1.807, 2.05) is 0 Å². The summed E-state index contributed by atoms with van der Waals surface area (Å²) in [7, 11) is 1.28. The highest BCUT2D eigenvalue weighted by molar-refractivity contribution is 5.51. The standard InChI is InChI=1S/C8H8FNO3/c1-13-8-6(5-9)3-2-4-7(8)10(11)12/h2-4H,5H2,1H3. The number of methoxy groups -OCH3 is 1. The monoisotopic (exact) mass is 185 g/mol. The van der Waals surface area contributed by atoms with E-state index < -0.39 is 11.6 Å². The molecule has 0 spiro atoms. The van der Waals surface area contributed by atoms with Gasteiger partial charge in [-0.25, -0.2) is 4.39 Å². The minimum atomic E-state index is -0.773. The van der Waals surface area contributed by atoms with Crippen LogP contribution in [0, 0.1) is 10.1 Å². The normalized spacial score (nSPS) is 9.69. The molecule has 0 N–H and O–H groups in total. The SMILES string of the molecule is COc1c(CF)cccc1[N+](=O)[O-]. The molecule has 0 bridgehead atoms. The van der Waals surface area contributed by atoms with Gasteiger partial charge in [0.05, 0.1) is 12.0 Å².